The van der Waals surface area contributed by atoms with Gasteiger partial charge in [0.15, 0.2) is 6.61 Å². The number of hydrogen-bond donors (Lipinski definition) is 1. The molecule has 2 aliphatic rings. The van der Waals surface area contributed by atoms with Crippen LogP contribution in [-0.4, -0.2) is 66.4 Å². The number of ether oxygens (including phenoxy) is 1. The molecule has 116 valence electrons. The molecule has 2 saturated heterocycles. The summed E-state index contributed by atoms with van der Waals surface area (Å²) in [5.74, 6) is -1.49. The molecule has 0 saturated carbocycles. The number of carbonyl (C=O) groups is 4. The number of likely N-dealkylation sites (tertiary alicyclic amines) is 1. The zero-order valence-electron chi connectivity index (χ0n) is 12.0. The van der Waals surface area contributed by atoms with Crippen LogP contribution in [0.3, 0.4) is 0 Å². The zero-order chi connectivity index (χ0) is 15.4. The van der Waals surface area contributed by atoms with Crippen molar-refractivity contribution in [3.8, 4) is 0 Å². The first-order chi connectivity index (χ1) is 9.99. The summed E-state index contributed by atoms with van der Waals surface area (Å²) < 4.78 is 4.98. The van der Waals surface area contributed by atoms with Crippen LogP contribution < -0.4 is 5.32 Å². The standard InChI is InChI=1S/C13H19N3O5/c1-9(17)15-5-2-3-10(7-15)12(19)21-8-11(18)16-6-4-14-13(16)20/h10H,2-8H2,1H3,(H,14,20). The van der Waals surface area contributed by atoms with Crippen LogP contribution in [-0.2, 0) is 19.1 Å². The van der Waals surface area contributed by atoms with Gasteiger partial charge >= 0.3 is 12.0 Å². The van der Waals surface area contributed by atoms with Crippen LogP contribution in [0.1, 0.15) is 19.8 Å². The van der Waals surface area contributed by atoms with E-state index in [-0.39, 0.29) is 12.5 Å². The Bertz CT molecular complexity index is 465. The van der Waals surface area contributed by atoms with Gasteiger partial charge in [-0.1, -0.05) is 0 Å². The fraction of sp³-hybridized carbons (Fsp3) is 0.692. The summed E-state index contributed by atoms with van der Waals surface area (Å²) in [6.07, 6.45) is 1.38. The van der Waals surface area contributed by atoms with Crippen LogP contribution >= 0.6 is 0 Å². The van der Waals surface area contributed by atoms with Gasteiger partial charge in [0.25, 0.3) is 5.91 Å². The maximum Gasteiger partial charge on any atom is 0.324 e. The SMILES string of the molecule is CC(=O)N1CCCC(C(=O)OCC(=O)N2CCNC2=O)C1. The van der Waals surface area contributed by atoms with Gasteiger partial charge in [0.2, 0.25) is 5.91 Å². The van der Waals surface area contributed by atoms with E-state index in [2.05, 4.69) is 5.32 Å². The molecule has 4 amide bonds. The van der Waals surface area contributed by atoms with Crippen molar-refractivity contribution in [3.63, 3.8) is 0 Å². The number of carbonyl (C=O) groups excluding carboxylic acids is 4. The van der Waals surface area contributed by atoms with Crippen molar-refractivity contribution in [1.82, 2.24) is 15.1 Å². The molecule has 0 aromatic rings. The second-order valence-corrected chi connectivity index (χ2v) is 5.19. The van der Waals surface area contributed by atoms with Crippen molar-refractivity contribution < 1.29 is 23.9 Å². The zero-order valence-corrected chi connectivity index (χ0v) is 12.0. The molecule has 0 radical (unpaired) electrons. The van der Waals surface area contributed by atoms with Crippen LogP contribution in [0.15, 0.2) is 0 Å². The van der Waals surface area contributed by atoms with Crippen molar-refractivity contribution in [2.24, 2.45) is 5.92 Å². The normalized spacial score (nSPS) is 22.0. The lowest BCUT2D eigenvalue weighted by Gasteiger charge is -2.30. The second kappa shape index (κ2) is 6.55. The predicted molar refractivity (Wildman–Crippen MR) is 71.0 cm³/mol. The number of amides is 4. The molecule has 0 spiro atoms. The lowest BCUT2D eigenvalue weighted by molar-refractivity contribution is -0.156. The van der Waals surface area contributed by atoms with Gasteiger partial charge in [0.1, 0.15) is 0 Å². The molecule has 2 rings (SSSR count). The van der Waals surface area contributed by atoms with E-state index in [0.717, 1.165) is 11.3 Å². The fourth-order valence-electron chi connectivity index (χ4n) is 2.49. The number of piperidine rings is 1. The highest BCUT2D eigenvalue weighted by Gasteiger charge is 2.30. The molecule has 0 bridgehead atoms. The molecule has 2 fully saturated rings. The molecule has 1 atom stereocenters. The highest BCUT2D eigenvalue weighted by atomic mass is 16.5. The number of rotatable bonds is 3. The van der Waals surface area contributed by atoms with Gasteiger partial charge in [-0.15, -0.1) is 0 Å². The van der Waals surface area contributed by atoms with Gasteiger partial charge in [-0.2, -0.15) is 0 Å². The minimum absolute atomic E-state index is 0.0719. The lowest BCUT2D eigenvalue weighted by Crippen LogP contribution is -2.43. The number of hydrogen-bond acceptors (Lipinski definition) is 5. The fourth-order valence-corrected chi connectivity index (χ4v) is 2.49. The van der Waals surface area contributed by atoms with Crippen molar-refractivity contribution in [2.45, 2.75) is 19.8 Å². The summed E-state index contributed by atoms with van der Waals surface area (Å²) in [6, 6.07) is -0.462. The molecule has 2 heterocycles. The Morgan fingerprint density at radius 1 is 1.33 bits per heavy atom. The molecule has 0 aromatic carbocycles. The minimum Gasteiger partial charge on any atom is -0.455 e. The minimum atomic E-state index is -0.530. The van der Waals surface area contributed by atoms with E-state index in [9.17, 15) is 19.2 Å². The highest BCUT2D eigenvalue weighted by Crippen LogP contribution is 2.18. The van der Waals surface area contributed by atoms with E-state index in [1.807, 2.05) is 0 Å². The molecule has 0 aliphatic carbocycles. The molecule has 2 aliphatic heterocycles. The number of nitrogens with zero attached hydrogens (tertiary/aromatic N) is 2. The van der Waals surface area contributed by atoms with Crippen molar-refractivity contribution >= 4 is 23.8 Å². The van der Waals surface area contributed by atoms with Gasteiger partial charge < -0.3 is 15.0 Å². The van der Waals surface area contributed by atoms with Crippen LogP contribution in [0, 0.1) is 5.92 Å². The van der Waals surface area contributed by atoms with E-state index < -0.39 is 30.4 Å². The summed E-state index contributed by atoms with van der Waals surface area (Å²) in [7, 11) is 0. The molecule has 1 unspecified atom stereocenters. The average molecular weight is 297 g/mol. The molecule has 0 aromatic heterocycles. The Morgan fingerprint density at radius 2 is 2.10 bits per heavy atom. The summed E-state index contributed by atoms with van der Waals surface area (Å²) in [5.41, 5.74) is 0. The Hall–Kier alpha value is -2.12. The molecule has 8 nitrogen and oxygen atoms in total. The summed E-state index contributed by atoms with van der Waals surface area (Å²) >= 11 is 0. The van der Waals surface area contributed by atoms with Gasteiger partial charge in [0, 0.05) is 33.1 Å². The molecular weight excluding hydrogens is 278 g/mol. The number of urea groups is 1. The summed E-state index contributed by atoms with van der Waals surface area (Å²) in [4.78, 5) is 48.9. The number of nitrogens with one attached hydrogen (secondary N) is 1. The smallest absolute Gasteiger partial charge is 0.324 e. The first-order valence-electron chi connectivity index (χ1n) is 6.99. The highest BCUT2D eigenvalue weighted by molar-refractivity contribution is 5.97. The van der Waals surface area contributed by atoms with Gasteiger partial charge in [-0.3, -0.25) is 19.3 Å². The average Bonchev–Trinajstić information content (AvgIpc) is 2.90. The maximum absolute atomic E-state index is 11.9. The van der Waals surface area contributed by atoms with E-state index in [0.29, 0.717) is 26.1 Å². The first kappa shape index (κ1) is 15.3. The van der Waals surface area contributed by atoms with E-state index in [4.69, 9.17) is 4.74 Å². The monoisotopic (exact) mass is 297 g/mol. The first-order valence-corrected chi connectivity index (χ1v) is 6.99. The third-order valence-electron chi connectivity index (χ3n) is 3.70. The van der Waals surface area contributed by atoms with Crippen LogP contribution in [0.4, 0.5) is 4.79 Å². The predicted octanol–water partition coefficient (Wildman–Crippen LogP) is -0.660. The Kier molecular flexibility index (Phi) is 4.77. The molecular formula is C13H19N3O5. The molecule has 1 N–H and O–H groups in total. The van der Waals surface area contributed by atoms with Crippen LogP contribution in [0.25, 0.3) is 0 Å². The molecule has 8 heteroatoms. The lowest BCUT2D eigenvalue weighted by atomic mass is 9.98. The summed E-state index contributed by atoms with van der Waals surface area (Å²) in [6.45, 7) is 2.69. The van der Waals surface area contributed by atoms with E-state index >= 15 is 0 Å². The Balaban J connectivity index is 1.80. The van der Waals surface area contributed by atoms with Crippen LogP contribution in [0.5, 0.6) is 0 Å². The van der Waals surface area contributed by atoms with Crippen LogP contribution in [0.2, 0.25) is 0 Å². The van der Waals surface area contributed by atoms with Crippen molar-refractivity contribution in [3.05, 3.63) is 0 Å². The van der Waals surface area contributed by atoms with Gasteiger partial charge in [0.05, 0.1) is 5.92 Å². The Labute approximate surface area is 122 Å². The second-order valence-electron chi connectivity index (χ2n) is 5.19. The summed E-state index contributed by atoms with van der Waals surface area (Å²) in [5, 5.41) is 2.50. The Morgan fingerprint density at radius 3 is 2.71 bits per heavy atom. The largest absolute Gasteiger partial charge is 0.455 e. The number of esters is 1. The third-order valence-corrected chi connectivity index (χ3v) is 3.70. The topological polar surface area (TPSA) is 96.0 Å². The molecule has 21 heavy (non-hydrogen) atoms. The van der Waals surface area contributed by atoms with Gasteiger partial charge in [-0.25, -0.2) is 4.79 Å². The van der Waals surface area contributed by atoms with Crippen molar-refractivity contribution in [1.29, 1.82) is 0 Å². The van der Waals surface area contributed by atoms with E-state index in [1.165, 1.54) is 6.92 Å². The third kappa shape index (κ3) is 3.71. The van der Waals surface area contributed by atoms with E-state index in [1.54, 1.807) is 4.90 Å². The van der Waals surface area contributed by atoms with Gasteiger partial charge in [-0.05, 0) is 12.8 Å². The quantitative estimate of drug-likeness (QED) is 0.698. The number of imide groups is 1. The maximum atomic E-state index is 11.9. The van der Waals surface area contributed by atoms with Crippen molar-refractivity contribution in [2.75, 3.05) is 32.8 Å².